The minimum atomic E-state index is -1.44. The Morgan fingerprint density at radius 2 is 0.957 bits per heavy atom. The Kier molecular flexibility index (Phi) is 5.57. The fourth-order valence-electron chi connectivity index (χ4n) is 8.61. The first-order valence-corrected chi connectivity index (χ1v) is 15.4. The molecule has 2 bridgehead atoms. The van der Waals surface area contributed by atoms with E-state index >= 15 is 14.4 Å². The number of amides is 2. The van der Waals surface area contributed by atoms with Gasteiger partial charge in [0.15, 0.2) is 17.3 Å². The first-order valence-electron chi connectivity index (χ1n) is 15.4. The zero-order valence-corrected chi connectivity index (χ0v) is 24.6. The van der Waals surface area contributed by atoms with Crippen molar-refractivity contribution in [3.05, 3.63) is 162 Å². The van der Waals surface area contributed by atoms with Gasteiger partial charge in [-0.3, -0.25) is 14.4 Å². The molecular formula is C40H27NO5. The van der Waals surface area contributed by atoms with Crippen LogP contribution in [0.5, 0.6) is 11.5 Å². The quantitative estimate of drug-likeness (QED) is 0.212. The number of allylic oxidation sites excluding steroid dienone is 2. The minimum Gasteiger partial charge on any atom is -0.454 e. The average Bonchev–Trinajstić information content (AvgIpc) is 3.82. The van der Waals surface area contributed by atoms with Gasteiger partial charge in [0.05, 0.1) is 28.4 Å². The highest BCUT2D eigenvalue weighted by Gasteiger charge is 2.82. The zero-order chi connectivity index (χ0) is 31.0. The number of nitrogens with zero attached hydrogens (tertiary/aromatic N) is 1. The van der Waals surface area contributed by atoms with E-state index in [2.05, 4.69) is 0 Å². The van der Waals surface area contributed by atoms with Gasteiger partial charge in [-0.2, -0.15) is 0 Å². The highest BCUT2D eigenvalue weighted by molar-refractivity contribution is 6.39. The molecule has 5 aromatic rings. The molecule has 2 fully saturated rings. The van der Waals surface area contributed by atoms with Crippen molar-refractivity contribution in [1.82, 2.24) is 0 Å². The maximum absolute atomic E-state index is 15.9. The standard InChI is InChI=1S/C40H27NO5/c42-36-34-35(37(43)41(36)29-21-22-30-31(23-29)46-24-45-30)40(28-19-11-4-12-20-28)33(26-15-7-2-8-16-26)32(25-13-5-1-6-14-25)39(34,38(40)44)27-17-9-3-10-18-27/h1-23,34-35H,24H2/t34-,35+,39-,40+. The van der Waals surface area contributed by atoms with Gasteiger partial charge >= 0.3 is 0 Å². The molecule has 6 heteroatoms. The van der Waals surface area contributed by atoms with Crippen LogP contribution in [-0.2, 0) is 25.2 Å². The third-order valence-corrected chi connectivity index (χ3v) is 10.2. The number of Topliss-reactive ketones (excluding diaryl/α,β-unsaturated/α-hetero) is 1. The predicted molar refractivity (Wildman–Crippen MR) is 173 cm³/mol. The molecule has 0 radical (unpaired) electrons. The molecule has 2 aliphatic carbocycles. The summed E-state index contributed by atoms with van der Waals surface area (Å²) in [6.45, 7) is 0.0689. The molecule has 2 heterocycles. The van der Waals surface area contributed by atoms with Crippen LogP contribution < -0.4 is 14.4 Å². The van der Waals surface area contributed by atoms with E-state index in [1.165, 1.54) is 4.90 Å². The van der Waals surface area contributed by atoms with Crippen molar-refractivity contribution in [3.8, 4) is 11.5 Å². The van der Waals surface area contributed by atoms with Gasteiger partial charge < -0.3 is 9.47 Å². The SMILES string of the molecule is O=C1[C@@H]2[C@H](C(=O)N1c1ccc3c(c1)OCO3)[C@]1(c3ccccc3)C(=O)[C@@]2(c2ccccc2)C(c2ccccc2)=C1c1ccccc1. The first-order chi connectivity index (χ1) is 22.6. The number of imide groups is 1. The molecule has 2 amide bonds. The van der Waals surface area contributed by atoms with Gasteiger partial charge in [0.1, 0.15) is 0 Å². The Morgan fingerprint density at radius 3 is 1.43 bits per heavy atom. The Hall–Kier alpha value is -5.75. The molecule has 4 atom stereocenters. The van der Waals surface area contributed by atoms with E-state index in [4.69, 9.17) is 9.47 Å². The Balaban J connectivity index is 1.42. The van der Waals surface area contributed by atoms with Crippen LogP contribution in [0.4, 0.5) is 5.69 Å². The largest absolute Gasteiger partial charge is 0.454 e. The molecule has 5 aromatic carbocycles. The van der Waals surface area contributed by atoms with Crippen LogP contribution in [0, 0.1) is 11.8 Å². The van der Waals surface area contributed by atoms with Crippen LogP contribution in [0.2, 0.25) is 0 Å². The summed E-state index contributed by atoms with van der Waals surface area (Å²) in [7, 11) is 0. The Labute approximate surface area is 265 Å². The van der Waals surface area contributed by atoms with Crippen molar-refractivity contribution in [1.29, 1.82) is 0 Å². The van der Waals surface area contributed by atoms with Crippen LogP contribution in [0.3, 0.4) is 0 Å². The van der Waals surface area contributed by atoms with Crippen LogP contribution in [0.15, 0.2) is 140 Å². The molecule has 9 rings (SSSR count). The zero-order valence-electron chi connectivity index (χ0n) is 24.6. The van der Waals surface area contributed by atoms with Crippen molar-refractivity contribution in [2.24, 2.45) is 11.8 Å². The van der Waals surface area contributed by atoms with Crippen molar-refractivity contribution in [2.75, 3.05) is 11.7 Å². The summed E-state index contributed by atoms with van der Waals surface area (Å²) in [5.74, 6) is -1.88. The molecule has 0 unspecified atom stereocenters. The molecule has 1 saturated heterocycles. The number of rotatable bonds is 5. The summed E-state index contributed by atoms with van der Waals surface area (Å²) < 4.78 is 11.1. The van der Waals surface area contributed by atoms with E-state index in [1.54, 1.807) is 18.2 Å². The van der Waals surface area contributed by atoms with E-state index in [0.29, 0.717) is 28.3 Å². The summed E-state index contributed by atoms with van der Waals surface area (Å²) in [5, 5.41) is 0. The Morgan fingerprint density at radius 1 is 0.522 bits per heavy atom. The van der Waals surface area contributed by atoms with Crippen LogP contribution in [0.1, 0.15) is 22.3 Å². The third-order valence-electron chi connectivity index (χ3n) is 10.2. The van der Waals surface area contributed by atoms with Gasteiger partial charge in [0.25, 0.3) is 0 Å². The number of hydrogen-bond donors (Lipinski definition) is 0. The van der Waals surface area contributed by atoms with Gasteiger partial charge in [-0.1, -0.05) is 121 Å². The van der Waals surface area contributed by atoms with E-state index in [1.807, 2.05) is 121 Å². The van der Waals surface area contributed by atoms with Gasteiger partial charge in [-0.25, -0.2) is 4.90 Å². The van der Waals surface area contributed by atoms with E-state index in [9.17, 15) is 0 Å². The van der Waals surface area contributed by atoms with E-state index < -0.39 is 34.5 Å². The molecular weight excluding hydrogens is 574 g/mol. The van der Waals surface area contributed by atoms with Gasteiger partial charge in [0, 0.05) is 6.07 Å². The summed E-state index contributed by atoms with van der Waals surface area (Å²) in [6, 6.07) is 43.9. The van der Waals surface area contributed by atoms with Crippen LogP contribution in [0.25, 0.3) is 11.1 Å². The average molecular weight is 602 g/mol. The highest BCUT2D eigenvalue weighted by atomic mass is 16.7. The van der Waals surface area contributed by atoms with E-state index in [0.717, 1.165) is 22.3 Å². The fourth-order valence-corrected chi connectivity index (χ4v) is 8.61. The number of hydrogen-bond acceptors (Lipinski definition) is 5. The van der Waals surface area contributed by atoms with E-state index in [-0.39, 0.29) is 12.6 Å². The predicted octanol–water partition coefficient (Wildman–Crippen LogP) is 6.60. The second-order valence-electron chi connectivity index (χ2n) is 12.2. The monoisotopic (exact) mass is 601 g/mol. The summed E-state index contributed by atoms with van der Waals surface area (Å²) in [6.07, 6.45) is 0. The summed E-state index contributed by atoms with van der Waals surface area (Å²) in [4.78, 5) is 47.3. The molecule has 1 saturated carbocycles. The number of ketones is 1. The lowest BCUT2D eigenvalue weighted by molar-refractivity contribution is -0.130. The van der Waals surface area contributed by atoms with Gasteiger partial charge in [-0.05, 0) is 45.5 Å². The molecule has 2 aliphatic heterocycles. The molecule has 222 valence electrons. The number of benzene rings is 5. The molecule has 46 heavy (non-hydrogen) atoms. The maximum atomic E-state index is 15.9. The summed E-state index contributed by atoms with van der Waals surface area (Å²) in [5.41, 5.74) is 2.15. The molecule has 6 nitrogen and oxygen atoms in total. The lowest BCUT2D eigenvalue weighted by atomic mass is 9.59. The first kappa shape index (κ1) is 26.6. The fraction of sp³-hybridized carbons (Fsp3) is 0.125. The number of carbonyl (C=O) groups is 3. The van der Waals surface area contributed by atoms with Crippen molar-refractivity contribution >= 4 is 34.4 Å². The lowest BCUT2D eigenvalue weighted by Gasteiger charge is -2.39. The molecule has 0 spiro atoms. The number of ether oxygens (including phenoxy) is 2. The lowest BCUT2D eigenvalue weighted by Crippen LogP contribution is -2.45. The molecule has 0 N–H and O–H groups in total. The normalized spacial score (nSPS) is 25.8. The second kappa shape index (κ2) is 9.62. The van der Waals surface area contributed by atoms with Crippen molar-refractivity contribution < 1.29 is 23.9 Å². The number of anilines is 1. The third kappa shape index (κ3) is 3.18. The van der Waals surface area contributed by atoms with Crippen molar-refractivity contribution in [2.45, 2.75) is 10.8 Å². The van der Waals surface area contributed by atoms with Crippen LogP contribution >= 0.6 is 0 Å². The number of fused-ring (bicyclic) bond motifs is 6. The van der Waals surface area contributed by atoms with Gasteiger partial charge in [0.2, 0.25) is 18.6 Å². The minimum absolute atomic E-state index is 0.0689. The Bertz CT molecular complexity index is 1970. The topological polar surface area (TPSA) is 72.9 Å². The smallest absolute Gasteiger partial charge is 0.239 e. The molecule has 4 aliphatic rings. The summed E-state index contributed by atoms with van der Waals surface area (Å²) >= 11 is 0. The maximum Gasteiger partial charge on any atom is 0.239 e. The van der Waals surface area contributed by atoms with Crippen LogP contribution in [-0.4, -0.2) is 24.4 Å². The van der Waals surface area contributed by atoms with Gasteiger partial charge in [-0.15, -0.1) is 0 Å². The second-order valence-corrected chi connectivity index (χ2v) is 12.2. The highest BCUT2D eigenvalue weighted by Crippen LogP contribution is 2.74. The molecule has 0 aromatic heterocycles. The van der Waals surface area contributed by atoms with Crippen molar-refractivity contribution in [3.63, 3.8) is 0 Å². The number of carbonyl (C=O) groups excluding carboxylic acids is 3.